The third-order valence-electron chi connectivity index (χ3n) is 6.04. The number of rotatable bonds is 7. The van der Waals surface area contributed by atoms with Gasteiger partial charge in [-0.05, 0) is 43.9 Å². The molecule has 0 spiro atoms. The minimum absolute atomic E-state index is 0. The van der Waals surface area contributed by atoms with Crippen LogP contribution in [-0.4, -0.2) is 61.2 Å². The van der Waals surface area contributed by atoms with Crippen molar-refractivity contribution >= 4 is 35.8 Å². The molecule has 2 fully saturated rings. The minimum atomic E-state index is -0.705. The molecule has 1 aromatic rings. The average molecular weight is 544 g/mol. The van der Waals surface area contributed by atoms with Crippen LogP contribution in [0, 0.1) is 5.92 Å². The van der Waals surface area contributed by atoms with Crippen molar-refractivity contribution in [1.29, 1.82) is 0 Å². The zero-order chi connectivity index (χ0) is 21.3. The monoisotopic (exact) mass is 544 g/mol. The summed E-state index contributed by atoms with van der Waals surface area (Å²) in [5, 5.41) is 17.2. The number of nitrogens with one attached hydrogen (secondary N) is 2. The lowest BCUT2D eigenvalue weighted by molar-refractivity contribution is -0.135. The first-order valence-electron chi connectivity index (χ1n) is 11.3. The maximum Gasteiger partial charge on any atom is 0.225 e. The Morgan fingerprint density at radius 2 is 2.06 bits per heavy atom. The molecule has 1 saturated carbocycles. The second-order valence-corrected chi connectivity index (χ2v) is 8.26. The van der Waals surface area contributed by atoms with Gasteiger partial charge in [0, 0.05) is 31.6 Å². The van der Waals surface area contributed by atoms with E-state index in [1.807, 2.05) is 36.1 Å². The van der Waals surface area contributed by atoms with Crippen LogP contribution in [0.1, 0.15) is 57.1 Å². The van der Waals surface area contributed by atoms with Gasteiger partial charge in [-0.15, -0.1) is 24.0 Å². The molecule has 3 N–H and O–H groups in total. The number of amides is 1. The molecule has 7 nitrogen and oxygen atoms in total. The summed E-state index contributed by atoms with van der Waals surface area (Å²) in [5.41, 5.74) is 0.777. The van der Waals surface area contributed by atoms with Crippen LogP contribution in [0.25, 0.3) is 0 Å². The van der Waals surface area contributed by atoms with Crippen LogP contribution in [0.4, 0.5) is 0 Å². The predicted octanol–water partition coefficient (Wildman–Crippen LogP) is 3.08. The van der Waals surface area contributed by atoms with Crippen molar-refractivity contribution in [2.24, 2.45) is 10.9 Å². The Balaban J connectivity index is 0.00000341. The van der Waals surface area contributed by atoms with E-state index in [0.29, 0.717) is 17.6 Å². The molecule has 0 bridgehead atoms. The number of benzene rings is 1. The molecule has 2 aliphatic rings. The summed E-state index contributed by atoms with van der Waals surface area (Å²) >= 11 is 0. The Hall–Kier alpha value is -1.55. The lowest BCUT2D eigenvalue weighted by atomic mass is 9.88. The molecule has 2 unspecified atom stereocenters. The molecule has 174 valence electrons. The zero-order valence-electron chi connectivity index (χ0n) is 18.7. The van der Waals surface area contributed by atoms with Crippen molar-refractivity contribution in [1.82, 2.24) is 15.5 Å². The van der Waals surface area contributed by atoms with Crippen molar-refractivity contribution in [3.05, 3.63) is 29.8 Å². The third kappa shape index (κ3) is 7.52. The van der Waals surface area contributed by atoms with Crippen molar-refractivity contribution in [3.63, 3.8) is 0 Å². The first kappa shape index (κ1) is 25.7. The summed E-state index contributed by atoms with van der Waals surface area (Å²) in [6.45, 7) is 4.53. The highest BCUT2D eigenvalue weighted by Gasteiger charge is 2.31. The topological polar surface area (TPSA) is 86.2 Å². The molecule has 0 radical (unpaired) electrons. The Kier molecular flexibility index (Phi) is 10.9. The Morgan fingerprint density at radius 3 is 2.77 bits per heavy atom. The molecule has 8 heteroatoms. The second kappa shape index (κ2) is 13.1. The number of methoxy groups -OCH3 is 1. The minimum Gasteiger partial charge on any atom is -0.497 e. The molecule has 2 atom stereocenters. The SMILES string of the molecule is CCNC(=NCC(O)c1cccc(OC)c1)NC1CCN(C(=O)C2CCCCC2)C1.I. The smallest absolute Gasteiger partial charge is 0.225 e. The van der Waals surface area contributed by atoms with Gasteiger partial charge in [0.25, 0.3) is 0 Å². The van der Waals surface area contributed by atoms with E-state index < -0.39 is 6.10 Å². The van der Waals surface area contributed by atoms with Gasteiger partial charge in [-0.1, -0.05) is 31.4 Å². The van der Waals surface area contributed by atoms with E-state index in [1.54, 1.807) is 7.11 Å². The van der Waals surface area contributed by atoms with Crippen LogP contribution >= 0.6 is 24.0 Å². The van der Waals surface area contributed by atoms with E-state index in [1.165, 1.54) is 19.3 Å². The maximum absolute atomic E-state index is 12.8. The molecule has 1 aliphatic heterocycles. The summed E-state index contributed by atoms with van der Waals surface area (Å²) in [6, 6.07) is 7.59. The average Bonchev–Trinajstić information content (AvgIpc) is 3.26. The van der Waals surface area contributed by atoms with E-state index in [2.05, 4.69) is 15.6 Å². The lowest BCUT2D eigenvalue weighted by Gasteiger charge is -2.26. The number of halogens is 1. The summed E-state index contributed by atoms with van der Waals surface area (Å²) in [6.07, 6.45) is 5.92. The summed E-state index contributed by atoms with van der Waals surface area (Å²) in [4.78, 5) is 19.4. The zero-order valence-corrected chi connectivity index (χ0v) is 21.0. The number of nitrogens with zero attached hydrogens (tertiary/aromatic N) is 2. The largest absolute Gasteiger partial charge is 0.497 e. The fourth-order valence-corrected chi connectivity index (χ4v) is 4.33. The van der Waals surface area contributed by atoms with Crippen molar-refractivity contribution in [3.8, 4) is 5.75 Å². The van der Waals surface area contributed by atoms with Gasteiger partial charge in [-0.3, -0.25) is 9.79 Å². The van der Waals surface area contributed by atoms with E-state index in [-0.39, 0.29) is 42.5 Å². The number of aliphatic hydroxyl groups excluding tert-OH is 1. The number of aliphatic imine (C=N–C) groups is 1. The van der Waals surface area contributed by atoms with E-state index >= 15 is 0 Å². The molecule has 1 amide bonds. The molecule has 31 heavy (non-hydrogen) atoms. The number of carbonyl (C=O) groups excluding carboxylic acids is 1. The number of likely N-dealkylation sites (tertiary alicyclic amines) is 1. The van der Waals surface area contributed by atoms with E-state index in [4.69, 9.17) is 4.74 Å². The number of guanidine groups is 1. The Labute approximate surface area is 203 Å². The molecular weight excluding hydrogens is 507 g/mol. The van der Waals surface area contributed by atoms with Crippen molar-refractivity contribution in [2.75, 3.05) is 33.3 Å². The van der Waals surface area contributed by atoms with Crippen LogP contribution in [0.5, 0.6) is 5.75 Å². The van der Waals surface area contributed by atoms with Gasteiger partial charge in [0.15, 0.2) is 5.96 Å². The summed E-state index contributed by atoms with van der Waals surface area (Å²) in [5.74, 6) is 1.94. The van der Waals surface area contributed by atoms with E-state index in [0.717, 1.165) is 44.5 Å². The first-order valence-corrected chi connectivity index (χ1v) is 11.3. The third-order valence-corrected chi connectivity index (χ3v) is 6.04. The van der Waals surface area contributed by atoms with Crippen LogP contribution in [0.15, 0.2) is 29.3 Å². The number of carbonyl (C=O) groups is 1. The Bertz CT molecular complexity index is 725. The summed E-state index contributed by atoms with van der Waals surface area (Å²) in [7, 11) is 1.61. The van der Waals surface area contributed by atoms with Gasteiger partial charge in [-0.25, -0.2) is 0 Å². The maximum atomic E-state index is 12.8. The van der Waals surface area contributed by atoms with Crippen LogP contribution in [0.2, 0.25) is 0 Å². The first-order chi connectivity index (χ1) is 14.6. The fourth-order valence-electron chi connectivity index (χ4n) is 4.33. The molecule has 0 aromatic heterocycles. The molecule has 1 aliphatic carbocycles. The predicted molar refractivity (Wildman–Crippen MR) is 134 cm³/mol. The normalized spacial score (nSPS) is 20.7. The van der Waals surface area contributed by atoms with Crippen molar-refractivity contribution in [2.45, 2.75) is 57.6 Å². The summed E-state index contributed by atoms with van der Waals surface area (Å²) < 4.78 is 5.23. The highest BCUT2D eigenvalue weighted by molar-refractivity contribution is 14.0. The van der Waals surface area contributed by atoms with Gasteiger partial charge >= 0.3 is 0 Å². The van der Waals surface area contributed by atoms with E-state index in [9.17, 15) is 9.90 Å². The lowest BCUT2D eigenvalue weighted by Crippen LogP contribution is -2.45. The fraction of sp³-hybridized carbons (Fsp3) is 0.652. The van der Waals surface area contributed by atoms with Gasteiger partial charge in [0.2, 0.25) is 5.91 Å². The van der Waals surface area contributed by atoms with Gasteiger partial charge < -0.3 is 25.4 Å². The number of hydrogen-bond acceptors (Lipinski definition) is 4. The standard InChI is InChI=1S/C23H36N4O3.HI/c1-3-24-23(25-15-21(28)18-10-7-11-20(14-18)30-2)26-19-12-13-27(16-19)22(29)17-8-5-4-6-9-17;/h7,10-11,14,17,19,21,28H,3-6,8-9,12-13,15-16H2,1-2H3,(H2,24,25,26);1H. The van der Waals surface area contributed by atoms with Gasteiger partial charge in [0.05, 0.1) is 19.8 Å². The van der Waals surface area contributed by atoms with Crippen LogP contribution < -0.4 is 15.4 Å². The second-order valence-electron chi connectivity index (χ2n) is 8.26. The quantitative estimate of drug-likeness (QED) is 0.279. The van der Waals surface area contributed by atoms with Crippen molar-refractivity contribution < 1.29 is 14.6 Å². The van der Waals surface area contributed by atoms with Crippen LogP contribution in [-0.2, 0) is 4.79 Å². The molecule has 1 aromatic carbocycles. The van der Waals surface area contributed by atoms with Crippen LogP contribution in [0.3, 0.4) is 0 Å². The molecular formula is C23H37IN4O3. The number of hydrogen-bond donors (Lipinski definition) is 3. The molecule has 1 saturated heterocycles. The van der Waals surface area contributed by atoms with Gasteiger partial charge in [0.1, 0.15) is 5.75 Å². The highest BCUT2D eigenvalue weighted by Crippen LogP contribution is 2.27. The number of ether oxygens (including phenoxy) is 1. The Morgan fingerprint density at radius 1 is 1.29 bits per heavy atom. The highest BCUT2D eigenvalue weighted by atomic mass is 127. The van der Waals surface area contributed by atoms with Gasteiger partial charge in [-0.2, -0.15) is 0 Å². The molecule has 3 rings (SSSR count). The molecule has 1 heterocycles. The number of aliphatic hydroxyl groups is 1.